The molecule has 6 heteroatoms. The van der Waals surface area contributed by atoms with Crippen molar-refractivity contribution < 1.29 is 14.7 Å². The molecule has 0 saturated carbocycles. The zero-order chi connectivity index (χ0) is 16.0. The van der Waals surface area contributed by atoms with Gasteiger partial charge in [-0.25, -0.2) is 0 Å². The molecule has 1 rings (SSSR count). The minimum absolute atomic E-state index is 0.119. The molecule has 0 bridgehead atoms. The number of amides is 1. The molecule has 2 N–H and O–H groups in total. The molecule has 1 aromatic carbocycles. The van der Waals surface area contributed by atoms with E-state index in [0.717, 1.165) is 0 Å². The number of rotatable bonds is 6. The highest BCUT2D eigenvalue weighted by Gasteiger charge is 2.37. The number of carboxylic acids is 1. The number of aliphatic carboxylic acids is 1. The number of hydrogen-bond acceptors (Lipinski definition) is 3. The molecule has 0 unspecified atom stereocenters. The molecule has 0 aromatic heterocycles. The van der Waals surface area contributed by atoms with Crippen LogP contribution in [0.25, 0.3) is 0 Å². The van der Waals surface area contributed by atoms with Crippen LogP contribution in [0.3, 0.4) is 0 Å². The minimum atomic E-state index is -1.07. The van der Waals surface area contributed by atoms with Gasteiger partial charge < -0.3 is 10.4 Å². The predicted octanol–water partition coefficient (Wildman–Crippen LogP) is 3.43. The van der Waals surface area contributed by atoms with E-state index in [2.05, 4.69) is 5.32 Å². The molecule has 0 atom stereocenters. The second kappa shape index (κ2) is 7.09. The minimum Gasteiger partial charge on any atom is -0.481 e. The maximum Gasteiger partial charge on any atom is 0.310 e. The number of carboxylic acid groups (broad SMARTS) is 1. The standard InChI is InChI=1S/C15H17ClN2O3/c1-3-15(4-2,14(20)21)8-13(19)18-12-6-5-10(9-17)7-11(12)16/h5-7H,3-4,8H2,1-2H3,(H,18,19)(H,20,21). The van der Waals surface area contributed by atoms with Gasteiger partial charge in [0.15, 0.2) is 0 Å². The van der Waals surface area contributed by atoms with Gasteiger partial charge >= 0.3 is 5.97 Å². The lowest BCUT2D eigenvalue weighted by molar-refractivity contribution is -0.151. The Morgan fingerprint density at radius 2 is 2.00 bits per heavy atom. The van der Waals surface area contributed by atoms with Crippen molar-refractivity contribution in [2.24, 2.45) is 5.41 Å². The Morgan fingerprint density at radius 1 is 1.38 bits per heavy atom. The third kappa shape index (κ3) is 3.96. The maximum absolute atomic E-state index is 12.1. The summed E-state index contributed by atoms with van der Waals surface area (Å²) in [6, 6.07) is 6.45. The Labute approximate surface area is 128 Å². The number of nitriles is 1. The van der Waals surface area contributed by atoms with Gasteiger partial charge in [0, 0.05) is 6.42 Å². The summed E-state index contributed by atoms with van der Waals surface area (Å²) in [4.78, 5) is 23.4. The van der Waals surface area contributed by atoms with Crippen molar-refractivity contribution in [3.63, 3.8) is 0 Å². The lowest BCUT2D eigenvalue weighted by Gasteiger charge is -2.25. The summed E-state index contributed by atoms with van der Waals surface area (Å²) in [6.45, 7) is 3.50. The van der Waals surface area contributed by atoms with Gasteiger partial charge in [-0.3, -0.25) is 9.59 Å². The Morgan fingerprint density at radius 3 is 2.43 bits per heavy atom. The van der Waals surface area contributed by atoms with Crippen LogP contribution in [0.2, 0.25) is 5.02 Å². The van der Waals surface area contributed by atoms with Crippen LogP contribution in [0.5, 0.6) is 0 Å². The van der Waals surface area contributed by atoms with Crippen LogP contribution in [0.1, 0.15) is 38.7 Å². The molecule has 1 amide bonds. The van der Waals surface area contributed by atoms with E-state index in [-0.39, 0.29) is 11.4 Å². The molecular formula is C15H17ClN2O3. The molecule has 21 heavy (non-hydrogen) atoms. The summed E-state index contributed by atoms with van der Waals surface area (Å²) in [7, 11) is 0. The quantitative estimate of drug-likeness (QED) is 0.842. The van der Waals surface area contributed by atoms with Crippen LogP contribution in [0.4, 0.5) is 5.69 Å². The Bertz CT molecular complexity index is 589. The lowest BCUT2D eigenvalue weighted by atomic mass is 9.79. The molecule has 0 aliphatic rings. The van der Waals surface area contributed by atoms with Gasteiger partial charge in [-0.05, 0) is 31.0 Å². The molecule has 5 nitrogen and oxygen atoms in total. The van der Waals surface area contributed by atoms with E-state index in [1.54, 1.807) is 13.8 Å². The second-order valence-corrected chi connectivity index (χ2v) is 5.23. The molecule has 1 aromatic rings. The smallest absolute Gasteiger partial charge is 0.310 e. The van der Waals surface area contributed by atoms with Crippen LogP contribution in [0.15, 0.2) is 18.2 Å². The number of nitrogens with zero attached hydrogens (tertiary/aromatic N) is 1. The molecule has 0 saturated heterocycles. The monoisotopic (exact) mass is 308 g/mol. The first-order valence-corrected chi connectivity index (χ1v) is 6.99. The molecule has 0 fully saturated rings. The SMILES string of the molecule is CCC(CC)(CC(=O)Nc1ccc(C#N)cc1Cl)C(=O)O. The van der Waals surface area contributed by atoms with E-state index in [0.29, 0.717) is 24.1 Å². The van der Waals surface area contributed by atoms with Crippen molar-refractivity contribution >= 4 is 29.2 Å². The first-order chi connectivity index (χ1) is 9.88. The van der Waals surface area contributed by atoms with Crippen molar-refractivity contribution in [1.29, 1.82) is 5.26 Å². The second-order valence-electron chi connectivity index (χ2n) is 4.82. The zero-order valence-corrected chi connectivity index (χ0v) is 12.7. The van der Waals surface area contributed by atoms with Crippen molar-refractivity contribution in [3.05, 3.63) is 28.8 Å². The largest absolute Gasteiger partial charge is 0.481 e. The summed E-state index contributed by atoms with van der Waals surface area (Å²) < 4.78 is 0. The molecular weight excluding hydrogens is 292 g/mol. The number of nitrogens with one attached hydrogen (secondary N) is 1. The number of carbonyl (C=O) groups excluding carboxylic acids is 1. The molecule has 112 valence electrons. The van der Waals surface area contributed by atoms with Gasteiger partial charge in [0.2, 0.25) is 5.91 Å². The van der Waals surface area contributed by atoms with Gasteiger partial charge in [-0.15, -0.1) is 0 Å². The number of anilines is 1. The summed E-state index contributed by atoms with van der Waals surface area (Å²) in [5, 5.41) is 20.9. The van der Waals surface area contributed by atoms with E-state index < -0.39 is 17.3 Å². The van der Waals surface area contributed by atoms with Gasteiger partial charge in [0.05, 0.1) is 27.8 Å². The van der Waals surface area contributed by atoms with E-state index in [9.17, 15) is 14.7 Å². The normalized spacial score (nSPS) is 10.8. The first kappa shape index (κ1) is 17.0. The Hall–Kier alpha value is -2.06. The number of hydrogen-bond donors (Lipinski definition) is 2. The number of benzene rings is 1. The first-order valence-electron chi connectivity index (χ1n) is 6.61. The molecule has 0 radical (unpaired) electrons. The average molecular weight is 309 g/mol. The van der Waals surface area contributed by atoms with Crippen molar-refractivity contribution in [1.82, 2.24) is 0 Å². The van der Waals surface area contributed by atoms with E-state index in [4.69, 9.17) is 16.9 Å². The molecule has 0 heterocycles. The summed E-state index contributed by atoms with van der Waals surface area (Å²) in [6.07, 6.45) is 0.617. The number of carbonyl (C=O) groups is 2. The van der Waals surface area contributed by atoms with E-state index >= 15 is 0 Å². The highest BCUT2D eigenvalue weighted by atomic mass is 35.5. The zero-order valence-electron chi connectivity index (χ0n) is 11.9. The molecule has 0 spiro atoms. The Kier molecular flexibility index (Phi) is 5.74. The van der Waals surface area contributed by atoms with Gasteiger partial charge in [-0.1, -0.05) is 25.4 Å². The summed E-state index contributed by atoms with van der Waals surface area (Å²) >= 11 is 5.97. The van der Waals surface area contributed by atoms with Gasteiger partial charge in [0.1, 0.15) is 0 Å². The highest BCUT2D eigenvalue weighted by molar-refractivity contribution is 6.33. The lowest BCUT2D eigenvalue weighted by Crippen LogP contribution is -2.34. The summed E-state index contributed by atoms with van der Waals surface area (Å²) in [5.41, 5.74) is -0.310. The highest BCUT2D eigenvalue weighted by Crippen LogP contribution is 2.32. The predicted molar refractivity (Wildman–Crippen MR) is 80.1 cm³/mol. The van der Waals surface area contributed by atoms with Gasteiger partial charge in [0.25, 0.3) is 0 Å². The van der Waals surface area contributed by atoms with Crippen LogP contribution >= 0.6 is 11.6 Å². The van der Waals surface area contributed by atoms with E-state index in [1.165, 1.54) is 18.2 Å². The summed E-state index contributed by atoms with van der Waals surface area (Å²) in [5.74, 6) is -1.39. The van der Waals surface area contributed by atoms with E-state index in [1.807, 2.05) is 6.07 Å². The van der Waals surface area contributed by atoms with Crippen molar-refractivity contribution in [2.75, 3.05) is 5.32 Å². The number of halogens is 1. The van der Waals surface area contributed by atoms with Crippen LogP contribution in [-0.4, -0.2) is 17.0 Å². The maximum atomic E-state index is 12.1. The van der Waals surface area contributed by atoms with Crippen molar-refractivity contribution in [3.8, 4) is 6.07 Å². The molecule has 0 aliphatic heterocycles. The van der Waals surface area contributed by atoms with Gasteiger partial charge in [-0.2, -0.15) is 5.26 Å². The van der Waals surface area contributed by atoms with Crippen LogP contribution in [-0.2, 0) is 9.59 Å². The third-order valence-corrected chi connectivity index (χ3v) is 3.99. The fourth-order valence-electron chi connectivity index (χ4n) is 2.07. The Balaban J connectivity index is 2.87. The topological polar surface area (TPSA) is 90.2 Å². The van der Waals surface area contributed by atoms with Crippen LogP contribution < -0.4 is 5.32 Å². The average Bonchev–Trinajstić information content (AvgIpc) is 2.46. The fourth-order valence-corrected chi connectivity index (χ4v) is 2.29. The van der Waals surface area contributed by atoms with Crippen molar-refractivity contribution in [2.45, 2.75) is 33.1 Å². The third-order valence-electron chi connectivity index (χ3n) is 3.68. The molecule has 0 aliphatic carbocycles. The fraction of sp³-hybridized carbons (Fsp3) is 0.400. The van der Waals surface area contributed by atoms with Crippen LogP contribution in [0, 0.1) is 16.7 Å².